The molecule has 6 heteroatoms. The molecule has 1 amide bonds. The summed E-state index contributed by atoms with van der Waals surface area (Å²) in [4.78, 5) is 25.2. The van der Waals surface area contributed by atoms with Gasteiger partial charge in [0.1, 0.15) is 6.54 Å². The fourth-order valence-electron chi connectivity index (χ4n) is 2.19. The topological polar surface area (TPSA) is 54.3 Å². The van der Waals surface area contributed by atoms with E-state index in [-0.39, 0.29) is 30.4 Å². The number of amides is 1. The predicted octanol–water partition coefficient (Wildman–Crippen LogP) is 0.0465. The lowest BCUT2D eigenvalue weighted by Gasteiger charge is -2.16. The van der Waals surface area contributed by atoms with Gasteiger partial charge >= 0.3 is 0 Å². The lowest BCUT2D eigenvalue weighted by Crippen LogP contribution is -2.33. The van der Waals surface area contributed by atoms with Gasteiger partial charge in [-0.15, -0.1) is 12.4 Å². The molecule has 0 radical (unpaired) electrons. The number of aromatic nitrogens is 1. The first-order valence-electron chi connectivity index (χ1n) is 6.22. The minimum absolute atomic E-state index is 0. The molecule has 1 aliphatic rings. The van der Waals surface area contributed by atoms with E-state index in [9.17, 15) is 9.59 Å². The summed E-state index contributed by atoms with van der Waals surface area (Å²) in [5.41, 5.74) is 2.08. The molecule has 0 saturated heterocycles. The van der Waals surface area contributed by atoms with E-state index in [1.54, 1.807) is 24.7 Å². The Bertz CT molecular complexity index is 511. The number of carbonyl (C=O) groups excluding carboxylic acids is 1. The van der Waals surface area contributed by atoms with E-state index >= 15 is 0 Å². The number of nitrogens with zero attached hydrogens (tertiary/aromatic N) is 2. The van der Waals surface area contributed by atoms with Gasteiger partial charge in [-0.3, -0.25) is 9.59 Å². The molecule has 0 bridgehead atoms. The highest BCUT2D eigenvalue weighted by Crippen LogP contribution is 2.11. The molecule has 0 aliphatic carbocycles. The summed E-state index contributed by atoms with van der Waals surface area (Å²) in [5.74, 6) is -0.0530. The average molecular weight is 286 g/mol. The van der Waals surface area contributed by atoms with Crippen LogP contribution in [0.5, 0.6) is 0 Å². The van der Waals surface area contributed by atoms with Crippen LogP contribution in [0.1, 0.15) is 11.3 Å². The molecule has 2 rings (SSSR count). The summed E-state index contributed by atoms with van der Waals surface area (Å²) in [5, 5.41) is 3.31. The number of hydrogen-bond donors (Lipinski definition) is 1. The fraction of sp³-hybridized carbons (Fsp3) is 0.538. The molecule has 2 heterocycles. The molecule has 0 aromatic carbocycles. The second kappa shape index (κ2) is 6.73. The van der Waals surface area contributed by atoms with Crippen molar-refractivity contribution in [2.75, 3.05) is 27.2 Å². The third-order valence-corrected chi connectivity index (χ3v) is 3.29. The number of likely N-dealkylation sites (N-methyl/N-ethyl adjacent to an activating group) is 1. The number of fused-ring (bicyclic) bond motifs is 1. The number of rotatable bonds is 2. The van der Waals surface area contributed by atoms with E-state index in [0.29, 0.717) is 0 Å². The van der Waals surface area contributed by atoms with Crippen molar-refractivity contribution in [1.82, 2.24) is 14.8 Å². The smallest absolute Gasteiger partial charge is 0.251 e. The first-order chi connectivity index (χ1) is 8.59. The summed E-state index contributed by atoms with van der Waals surface area (Å²) < 4.78 is 1.62. The normalized spacial score (nSPS) is 14.0. The van der Waals surface area contributed by atoms with Crippen LogP contribution >= 0.6 is 12.4 Å². The van der Waals surface area contributed by atoms with Crippen LogP contribution < -0.4 is 10.9 Å². The van der Waals surface area contributed by atoms with Crippen LogP contribution in [0.2, 0.25) is 0 Å². The predicted molar refractivity (Wildman–Crippen MR) is 76.9 cm³/mol. The second-order valence-electron chi connectivity index (χ2n) is 4.77. The SMILES string of the molecule is CN(C)C(=O)Cn1c2c(ccc1=O)CCNCC2.Cl. The summed E-state index contributed by atoms with van der Waals surface area (Å²) in [6.45, 7) is 1.91. The van der Waals surface area contributed by atoms with Gasteiger partial charge in [0.2, 0.25) is 5.91 Å². The van der Waals surface area contributed by atoms with Crippen molar-refractivity contribution in [2.45, 2.75) is 19.4 Å². The second-order valence-corrected chi connectivity index (χ2v) is 4.77. The Morgan fingerprint density at radius 1 is 1.32 bits per heavy atom. The molecule has 0 saturated carbocycles. The number of carbonyl (C=O) groups is 1. The van der Waals surface area contributed by atoms with Crippen LogP contribution in [0.15, 0.2) is 16.9 Å². The van der Waals surface area contributed by atoms with Gasteiger partial charge in [-0.25, -0.2) is 0 Å². The zero-order chi connectivity index (χ0) is 13.1. The highest BCUT2D eigenvalue weighted by atomic mass is 35.5. The minimum atomic E-state index is -0.0918. The van der Waals surface area contributed by atoms with Crippen molar-refractivity contribution in [3.8, 4) is 0 Å². The lowest BCUT2D eigenvalue weighted by molar-refractivity contribution is -0.129. The highest BCUT2D eigenvalue weighted by molar-refractivity contribution is 5.85. The molecule has 0 unspecified atom stereocenters. The van der Waals surface area contributed by atoms with Gasteiger partial charge in [0, 0.05) is 38.8 Å². The van der Waals surface area contributed by atoms with Gasteiger partial charge in [0.25, 0.3) is 5.56 Å². The van der Waals surface area contributed by atoms with Gasteiger partial charge in [-0.2, -0.15) is 0 Å². The van der Waals surface area contributed by atoms with Crippen LogP contribution in [0, 0.1) is 0 Å². The van der Waals surface area contributed by atoms with Crippen LogP contribution in [0.4, 0.5) is 0 Å². The molecule has 1 aromatic heterocycles. The van der Waals surface area contributed by atoms with Gasteiger partial charge in [-0.05, 0) is 18.5 Å². The molecule has 0 spiro atoms. The summed E-state index contributed by atoms with van der Waals surface area (Å²) in [6, 6.07) is 3.45. The first kappa shape index (κ1) is 15.7. The summed E-state index contributed by atoms with van der Waals surface area (Å²) in [7, 11) is 3.41. The van der Waals surface area contributed by atoms with Gasteiger partial charge in [-0.1, -0.05) is 6.07 Å². The molecule has 1 aromatic rings. The van der Waals surface area contributed by atoms with Crippen LogP contribution in [-0.2, 0) is 24.2 Å². The van der Waals surface area contributed by atoms with E-state index in [0.717, 1.165) is 31.6 Å². The Kier molecular flexibility index (Phi) is 5.57. The van der Waals surface area contributed by atoms with E-state index in [1.807, 2.05) is 6.07 Å². The lowest BCUT2D eigenvalue weighted by atomic mass is 10.1. The number of nitrogens with one attached hydrogen (secondary N) is 1. The standard InChI is InChI=1S/C13H19N3O2.ClH/c1-15(2)13(18)9-16-11-6-8-14-7-5-10(11)3-4-12(16)17;/h3-4,14H,5-9H2,1-2H3;1H. The van der Waals surface area contributed by atoms with Crippen molar-refractivity contribution in [3.63, 3.8) is 0 Å². The number of halogens is 1. The molecule has 1 aliphatic heterocycles. The Hall–Kier alpha value is -1.33. The number of hydrogen-bond acceptors (Lipinski definition) is 3. The Morgan fingerprint density at radius 3 is 2.68 bits per heavy atom. The van der Waals surface area contributed by atoms with Crippen LogP contribution in [-0.4, -0.2) is 42.6 Å². The van der Waals surface area contributed by atoms with Gasteiger partial charge in [0.15, 0.2) is 0 Å². The first-order valence-corrected chi connectivity index (χ1v) is 6.22. The van der Waals surface area contributed by atoms with Crippen LogP contribution in [0.3, 0.4) is 0 Å². The molecular weight excluding hydrogens is 266 g/mol. The molecule has 1 N–H and O–H groups in total. The van der Waals surface area contributed by atoms with E-state index < -0.39 is 0 Å². The largest absolute Gasteiger partial charge is 0.347 e. The summed E-state index contributed by atoms with van der Waals surface area (Å²) >= 11 is 0. The zero-order valence-corrected chi connectivity index (χ0v) is 12.1. The molecule has 0 fully saturated rings. The Morgan fingerprint density at radius 2 is 2.00 bits per heavy atom. The summed E-state index contributed by atoms with van der Waals surface area (Å²) in [6.07, 6.45) is 1.71. The maximum atomic E-state index is 11.9. The molecular formula is C13H20ClN3O2. The maximum absolute atomic E-state index is 11.9. The maximum Gasteiger partial charge on any atom is 0.251 e. The molecule has 106 valence electrons. The van der Waals surface area contributed by atoms with Crippen molar-refractivity contribution < 1.29 is 4.79 Å². The van der Waals surface area contributed by atoms with E-state index in [1.165, 1.54) is 10.5 Å². The number of pyridine rings is 1. The van der Waals surface area contributed by atoms with Crippen LogP contribution in [0.25, 0.3) is 0 Å². The average Bonchev–Trinajstić information content (AvgIpc) is 2.57. The fourth-order valence-corrected chi connectivity index (χ4v) is 2.19. The Labute approximate surface area is 119 Å². The van der Waals surface area contributed by atoms with Gasteiger partial charge < -0.3 is 14.8 Å². The van der Waals surface area contributed by atoms with Crippen molar-refractivity contribution in [1.29, 1.82) is 0 Å². The highest BCUT2D eigenvalue weighted by Gasteiger charge is 2.15. The molecule has 5 nitrogen and oxygen atoms in total. The third kappa shape index (κ3) is 3.58. The van der Waals surface area contributed by atoms with Gasteiger partial charge in [0.05, 0.1) is 0 Å². The molecule has 0 atom stereocenters. The molecule has 19 heavy (non-hydrogen) atoms. The zero-order valence-electron chi connectivity index (χ0n) is 11.3. The van der Waals surface area contributed by atoms with E-state index in [2.05, 4.69) is 5.32 Å². The minimum Gasteiger partial charge on any atom is -0.347 e. The Balaban J connectivity index is 0.00000180. The third-order valence-electron chi connectivity index (χ3n) is 3.29. The monoisotopic (exact) mass is 285 g/mol. The van der Waals surface area contributed by atoms with Crippen molar-refractivity contribution in [3.05, 3.63) is 33.7 Å². The quantitative estimate of drug-likeness (QED) is 0.835. The van der Waals surface area contributed by atoms with Crippen molar-refractivity contribution in [2.24, 2.45) is 0 Å². The van der Waals surface area contributed by atoms with Crippen molar-refractivity contribution >= 4 is 18.3 Å². The van der Waals surface area contributed by atoms with E-state index in [4.69, 9.17) is 0 Å².